The van der Waals surface area contributed by atoms with Gasteiger partial charge in [0, 0.05) is 43.9 Å². The van der Waals surface area contributed by atoms with Crippen molar-refractivity contribution in [2.24, 2.45) is 0 Å². The van der Waals surface area contributed by atoms with Crippen molar-refractivity contribution in [2.75, 3.05) is 9.80 Å². The molecule has 4 heteroatoms. The zero-order valence-corrected chi connectivity index (χ0v) is 38.9. The standard InChI is InChI=1S/C59H48N2O2.C2H6/c1-9-34(3)56-44(10-2)45-16-12-18-52(58(45)62-56)60(42-26-20-35(4)38(7)32-42)50-30-24-40-23-29-49-51(31-25-41-22-28-48(50)54(40)55(41)49)61(43-27-21-36(5)39(8)33-43)53-19-13-17-47-46-15-11-14-37(6)57(46)63-59(47)53;1-2/h9-33H,2H2,1,3-8H3;1-2H3/b34-9-;. The van der Waals surface area contributed by atoms with Crippen molar-refractivity contribution in [2.45, 2.75) is 62.3 Å². The molecule has 0 unspecified atom stereocenters. The van der Waals surface area contributed by atoms with Gasteiger partial charge in [-0.05, 0) is 152 Å². The van der Waals surface area contributed by atoms with E-state index in [9.17, 15) is 0 Å². The smallest absolute Gasteiger partial charge is 0.159 e. The van der Waals surface area contributed by atoms with E-state index in [-0.39, 0.29) is 0 Å². The minimum atomic E-state index is 0.828. The predicted octanol–water partition coefficient (Wildman–Crippen LogP) is 18.8. The van der Waals surface area contributed by atoms with Crippen LogP contribution in [-0.2, 0) is 0 Å². The Kier molecular flexibility index (Phi) is 10.3. The Labute approximate surface area is 381 Å². The molecule has 11 aromatic rings. The van der Waals surface area contributed by atoms with Crippen LogP contribution in [-0.4, -0.2) is 0 Å². The number of hydrogen-bond acceptors (Lipinski definition) is 4. The Balaban J connectivity index is 0.00000246. The number of benzene rings is 9. The van der Waals surface area contributed by atoms with E-state index in [0.29, 0.717) is 0 Å². The Hall–Kier alpha value is -7.56. The molecule has 320 valence electrons. The van der Waals surface area contributed by atoms with Gasteiger partial charge in [-0.15, -0.1) is 0 Å². The van der Waals surface area contributed by atoms with Gasteiger partial charge in [0.15, 0.2) is 11.2 Å². The molecule has 4 nitrogen and oxygen atoms in total. The van der Waals surface area contributed by atoms with Crippen LogP contribution in [0.1, 0.15) is 66.8 Å². The summed E-state index contributed by atoms with van der Waals surface area (Å²) in [4.78, 5) is 4.79. The fraction of sp³-hybridized carbons (Fsp3) is 0.148. The number of anilines is 6. The second-order valence-electron chi connectivity index (χ2n) is 17.2. The number of rotatable bonds is 8. The van der Waals surface area contributed by atoms with Gasteiger partial charge in [-0.2, -0.15) is 0 Å². The Bertz CT molecular complexity index is 3690. The number of aryl methyl sites for hydroxylation is 5. The topological polar surface area (TPSA) is 32.8 Å². The summed E-state index contributed by atoms with van der Waals surface area (Å²) in [6.45, 7) is 23.2. The van der Waals surface area contributed by atoms with E-state index in [1.165, 1.54) is 49.2 Å². The molecule has 0 N–H and O–H groups in total. The third-order valence-electron chi connectivity index (χ3n) is 13.5. The van der Waals surface area contributed by atoms with E-state index < -0.39 is 0 Å². The predicted molar refractivity (Wildman–Crippen MR) is 281 cm³/mol. The highest BCUT2D eigenvalue weighted by Gasteiger charge is 2.26. The summed E-state index contributed by atoms with van der Waals surface area (Å²) < 4.78 is 13.7. The molecule has 0 fully saturated rings. The lowest BCUT2D eigenvalue weighted by molar-refractivity contribution is 0.598. The van der Waals surface area contributed by atoms with E-state index in [1.807, 2.05) is 19.9 Å². The van der Waals surface area contributed by atoms with Crippen LogP contribution in [0.5, 0.6) is 0 Å². The maximum Gasteiger partial charge on any atom is 0.159 e. The van der Waals surface area contributed by atoms with Crippen LogP contribution >= 0.6 is 0 Å². The molecule has 65 heavy (non-hydrogen) atoms. The molecule has 0 amide bonds. The van der Waals surface area contributed by atoms with Gasteiger partial charge in [-0.3, -0.25) is 0 Å². The monoisotopic (exact) mass is 846 g/mol. The average molecular weight is 847 g/mol. The Morgan fingerprint density at radius 1 is 0.462 bits per heavy atom. The third kappa shape index (κ3) is 6.50. The molecular formula is C61H54N2O2. The SMILES string of the molecule is C=Cc1c(/C(C)=C\C)oc2c(N(c3ccc(C)c(C)c3)c3ccc4ccc5c(N(c6ccc(C)c(C)c6)c6cccc7c6oc6c(C)cccc67)ccc6ccc3c4c65)cccc12.CC. The highest BCUT2D eigenvalue weighted by atomic mass is 16.3. The zero-order valence-electron chi connectivity index (χ0n) is 38.9. The maximum absolute atomic E-state index is 6.88. The van der Waals surface area contributed by atoms with E-state index in [4.69, 9.17) is 8.83 Å². The van der Waals surface area contributed by atoms with Gasteiger partial charge in [0.2, 0.25) is 0 Å². The Morgan fingerprint density at radius 2 is 0.938 bits per heavy atom. The number of furan rings is 2. The van der Waals surface area contributed by atoms with Gasteiger partial charge >= 0.3 is 0 Å². The first-order valence-electron chi connectivity index (χ1n) is 22.8. The molecule has 0 aliphatic heterocycles. The van der Waals surface area contributed by atoms with Gasteiger partial charge in [0.05, 0.1) is 22.7 Å². The van der Waals surface area contributed by atoms with E-state index in [0.717, 1.165) is 94.9 Å². The maximum atomic E-state index is 6.88. The van der Waals surface area contributed by atoms with Crippen molar-refractivity contribution in [3.63, 3.8) is 0 Å². The van der Waals surface area contributed by atoms with Gasteiger partial charge in [-0.25, -0.2) is 0 Å². The summed E-state index contributed by atoms with van der Waals surface area (Å²) in [5.41, 5.74) is 17.1. The summed E-state index contributed by atoms with van der Waals surface area (Å²) in [6, 6.07) is 51.2. The molecule has 0 saturated carbocycles. The van der Waals surface area contributed by atoms with E-state index in [2.05, 4.69) is 210 Å². The fourth-order valence-corrected chi connectivity index (χ4v) is 9.75. The summed E-state index contributed by atoms with van der Waals surface area (Å²) in [6.07, 6.45) is 4.02. The highest BCUT2D eigenvalue weighted by molar-refractivity contribution is 6.28. The van der Waals surface area contributed by atoms with E-state index in [1.54, 1.807) is 0 Å². The lowest BCUT2D eigenvalue weighted by Crippen LogP contribution is -2.12. The lowest BCUT2D eigenvalue weighted by Gasteiger charge is -2.29. The number of para-hydroxylation sites is 3. The van der Waals surface area contributed by atoms with E-state index >= 15 is 0 Å². The van der Waals surface area contributed by atoms with Crippen LogP contribution in [0.2, 0.25) is 0 Å². The average Bonchev–Trinajstić information content (AvgIpc) is 3.92. The highest BCUT2D eigenvalue weighted by Crippen LogP contribution is 2.50. The quantitative estimate of drug-likeness (QED) is 0.143. The number of hydrogen-bond donors (Lipinski definition) is 0. The summed E-state index contributed by atoms with van der Waals surface area (Å²) in [5, 5.41) is 10.4. The summed E-state index contributed by atoms with van der Waals surface area (Å²) in [7, 11) is 0. The Morgan fingerprint density at radius 3 is 1.45 bits per heavy atom. The molecule has 2 heterocycles. The zero-order chi connectivity index (χ0) is 45.3. The van der Waals surface area contributed by atoms with Crippen LogP contribution in [0.3, 0.4) is 0 Å². The number of nitrogens with zero attached hydrogens (tertiary/aromatic N) is 2. The van der Waals surface area contributed by atoms with Gasteiger partial charge in [-0.1, -0.05) is 124 Å². The van der Waals surface area contributed by atoms with Gasteiger partial charge < -0.3 is 18.6 Å². The molecule has 0 atom stereocenters. The lowest BCUT2D eigenvalue weighted by atomic mass is 9.91. The van der Waals surface area contributed by atoms with Crippen LogP contribution in [0.15, 0.2) is 161 Å². The molecule has 0 bridgehead atoms. The van der Waals surface area contributed by atoms with Crippen LogP contribution in [0.4, 0.5) is 34.1 Å². The van der Waals surface area contributed by atoms with Crippen molar-refractivity contribution in [1.82, 2.24) is 0 Å². The van der Waals surface area contributed by atoms with Crippen molar-refractivity contribution < 1.29 is 8.83 Å². The summed E-state index contributed by atoms with van der Waals surface area (Å²) >= 11 is 0. The third-order valence-corrected chi connectivity index (χ3v) is 13.5. The largest absolute Gasteiger partial charge is 0.454 e. The number of allylic oxidation sites excluding steroid dienone is 2. The van der Waals surface area contributed by atoms with Crippen molar-refractivity contribution in [3.8, 4) is 0 Å². The van der Waals surface area contributed by atoms with Crippen LogP contribution in [0, 0.1) is 34.6 Å². The molecular weight excluding hydrogens is 793 g/mol. The van der Waals surface area contributed by atoms with Gasteiger partial charge in [0.25, 0.3) is 0 Å². The number of fused-ring (bicyclic) bond motifs is 4. The normalized spacial score (nSPS) is 11.9. The minimum Gasteiger partial charge on any atom is -0.454 e. The van der Waals surface area contributed by atoms with Crippen molar-refractivity contribution >= 4 is 111 Å². The first-order valence-corrected chi connectivity index (χ1v) is 22.8. The van der Waals surface area contributed by atoms with Crippen molar-refractivity contribution in [1.29, 1.82) is 0 Å². The molecule has 2 aromatic heterocycles. The minimum absolute atomic E-state index is 0.828. The molecule has 0 saturated heterocycles. The second-order valence-corrected chi connectivity index (χ2v) is 17.2. The van der Waals surface area contributed by atoms with Crippen molar-refractivity contribution in [3.05, 3.63) is 191 Å². The first kappa shape index (κ1) is 41.5. The van der Waals surface area contributed by atoms with Crippen LogP contribution in [0.25, 0.3) is 76.9 Å². The van der Waals surface area contributed by atoms with Crippen LogP contribution < -0.4 is 9.80 Å². The summed E-state index contributed by atoms with van der Waals surface area (Å²) in [5.74, 6) is 0.847. The molecule has 0 aliphatic carbocycles. The first-order chi connectivity index (χ1) is 31.6. The van der Waals surface area contributed by atoms with Gasteiger partial charge in [0.1, 0.15) is 11.3 Å². The molecule has 0 spiro atoms. The molecule has 11 rings (SSSR count). The molecule has 9 aromatic carbocycles. The second kappa shape index (κ2) is 16.2. The fourth-order valence-electron chi connectivity index (χ4n) is 9.75. The molecule has 0 aliphatic rings. The molecule has 0 radical (unpaired) electrons.